The number of aromatic nitrogens is 3. The first-order chi connectivity index (χ1) is 7.42. The molecule has 1 aromatic rings. The molecule has 0 aromatic carbocycles. The standard InChI is InChI=1S/C11H6N4/c12-6-9-7-4-2-1-3-5-8(7)10-11(9)14-15-13-10/h1-5H,(H,13,14,15). The first kappa shape index (κ1) is 7.94. The van der Waals surface area contributed by atoms with Crippen LogP contribution in [0, 0.1) is 11.3 Å². The third kappa shape index (κ3) is 0.945. The summed E-state index contributed by atoms with van der Waals surface area (Å²) in [5.74, 6) is 0. The second kappa shape index (κ2) is 2.79. The van der Waals surface area contributed by atoms with Gasteiger partial charge >= 0.3 is 0 Å². The molecule has 0 radical (unpaired) electrons. The first-order valence-electron chi connectivity index (χ1n) is 4.53. The molecule has 0 unspecified atom stereocenters. The summed E-state index contributed by atoms with van der Waals surface area (Å²) < 4.78 is 0. The van der Waals surface area contributed by atoms with Gasteiger partial charge in [-0.05, 0) is 0 Å². The van der Waals surface area contributed by atoms with Crippen LogP contribution in [0.5, 0.6) is 0 Å². The molecule has 1 heterocycles. The summed E-state index contributed by atoms with van der Waals surface area (Å²) in [5.41, 5.74) is 3.86. The molecule has 1 aromatic heterocycles. The summed E-state index contributed by atoms with van der Waals surface area (Å²) >= 11 is 0. The van der Waals surface area contributed by atoms with Crippen molar-refractivity contribution in [2.24, 2.45) is 0 Å². The van der Waals surface area contributed by atoms with Gasteiger partial charge in [0.25, 0.3) is 0 Å². The normalized spacial score (nSPS) is 10.6. The van der Waals surface area contributed by atoms with Crippen LogP contribution in [0.3, 0.4) is 0 Å². The molecule has 0 atom stereocenters. The third-order valence-corrected chi connectivity index (χ3v) is 2.46. The first-order valence-corrected chi connectivity index (χ1v) is 4.53. The van der Waals surface area contributed by atoms with Gasteiger partial charge in [0.1, 0.15) is 17.1 Å². The lowest BCUT2D eigenvalue weighted by molar-refractivity contribution is 0.957. The van der Waals surface area contributed by atoms with E-state index in [0.717, 1.165) is 16.6 Å². The fourth-order valence-corrected chi connectivity index (χ4v) is 1.81. The monoisotopic (exact) mass is 194 g/mol. The largest absolute Gasteiger partial charge is 0.197 e. The predicted octanol–water partition coefficient (Wildman–Crippen LogP) is 1.93. The van der Waals surface area contributed by atoms with Crippen molar-refractivity contribution >= 4 is 11.0 Å². The quantitative estimate of drug-likeness (QED) is 0.594. The van der Waals surface area contributed by atoms with Crippen molar-refractivity contribution in [1.82, 2.24) is 15.4 Å². The molecule has 1 N–H and O–H groups in total. The van der Waals surface area contributed by atoms with Gasteiger partial charge in [-0.25, -0.2) is 0 Å². The molecule has 0 fully saturated rings. The maximum atomic E-state index is 9.09. The Morgan fingerprint density at radius 2 is 1.73 bits per heavy atom. The smallest absolute Gasteiger partial charge is 0.131 e. The molecule has 0 saturated heterocycles. The number of rotatable bonds is 0. The van der Waals surface area contributed by atoms with E-state index in [2.05, 4.69) is 21.5 Å². The molecule has 4 nitrogen and oxygen atoms in total. The van der Waals surface area contributed by atoms with Crippen LogP contribution >= 0.6 is 0 Å². The molecular weight excluding hydrogens is 188 g/mol. The number of hydrogen-bond acceptors (Lipinski definition) is 3. The van der Waals surface area contributed by atoms with E-state index in [1.54, 1.807) is 0 Å². The van der Waals surface area contributed by atoms with Crippen molar-refractivity contribution in [3.63, 3.8) is 0 Å². The Balaban J connectivity index is 2.59. The minimum Gasteiger partial charge on any atom is -0.197 e. The summed E-state index contributed by atoms with van der Waals surface area (Å²) in [6.45, 7) is 0. The fraction of sp³-hybridized carbons (Fsp3) is 0. The second-order valence-corrected chi connectivity index (χ2v) is 3.25. The van der Waals surface area contributed by atoms with Crippen LogP contribution < -0.4 is 0 Å². The minimum atomic E-state index is 0.588. The Hall–Kier alpha value is -2.41. The average Bonchev–Trinajstić information content (AvgIpc) is 2.72. The number of nitrogens with one attached hydrogen (secondary N) is 1. The highest BCUT2D eigenvalue weighted by molar-refractivity contribution is 6.02. The minimum absolute atomic E-state index is 0.588. The summed E-state index contributed by atoms with van der Waals surface area (Å²) in [6, 6.07) is 11.8. The van der Waals surface area contributed by atoms with Crippen LogP contribution in [-0.2, 0) is 0 Å². The maximum Gasteiger partial charge on any atom is 0.131 e. The van der Waals surface area contributed by atoms with E-state index in [1.165, 1.54) is 0 Å². The van der Waals surface area contributed by atoms with E-state index in [1.807, 2.05) is 30.3 Å². The summed E-state index contributed by atoms with van der Waals surface area (Å²) in [4.78, 5) is 0. The highest BCUT2D eigenvalue weighted by Crippen LogP contribution is 2.35. The topological polar surface area (TPSA) is 65.4 Å². The van der Waals surface area contributed by atoms with Crippen LogP contribution in [0.1, 0.15) is 5.56 Å². The molecule has 3 rings (SSSR count). The van der Waals surface area contributed by atoms with E-state index >= 15 is 0 Å². The molecule has 0 saturated carbocycles. The van der Waals surface area contributed by atoms with Crippen LogP contribution in [-0.4, -0.2) is 15.4 Å². The van der Waals surface area contributed by atoms with Gasteiger partial charge in [-0.2, -0.15) is 20.7 Å². The third-order valence-electron chi connectivity index (χ3n) is 2.46. The van der Waals surface area contributed by atoms with E-state index in [9.17, 15) is 0 Å². The molecule has 0 aliphatic heterocycles. The highest BCUT2D eigenvalue weighted by Gasteiger charge is 2.19. The van der Waals surface area contributed by atoms with Crippen molar-refractivity contribution in [3.05, 3.63) is 35.9 Å². The molecule has 0 amide bonds. The SMILES string of the molecule is N#Cc1c2cccccc-2c2n[nH]nc12. The van der Waals surface area contributed by atoms with E-state index in [4.69, 9.17) is 5.26 Å². The molecule has 0 spiro atoms. The van der Waals surface area contributed by atoms with Gasteiger partial charge in [0.15, 0.2) is 0 Å². The Bertz CT molecular complexity index is 647. The predicted molar refractivity (Wildman–Crippen MR) is 55.2 cm³/mol. The average molecular weight is 194 g/mol. The van der Waals surface area contributed by atoms with Crippen molar-refractivity contribution in [2.45, 2.75) is 0 Å². The molecular formula is C11H6N4. The number of nitriles is 1. The zero-order valence-corrected chi connectivity index (χ0v) is 7.73. The van der Waals surface area contributed by atoms with Gasteiger partial charge in [-0.3, -0.25) is 0 Å². The fourth-order valence-electron chi connectivity index (χ4n) is 1.81. The lowest BCUT2D eigenvalue weighted by Crippen LogP contribution is -1.77. The zero-order chi connectivity index (χ0) is 10.3. The molecule has 70 valence electrons. The number of aromatic amines is 1. The number of nitrogens with zero attached hydrogens (tertiary/aromatic N) is 3. The van der Waals surface area contributed by atoms with Crippen LogP contribution in [0.2, 0.25) is 0 Å². The van der Waals surface area contributed by atoms with Gasteiger partial charge in [-0.15, -0.1) is 0 Å². The molecule has 4 heteroatoms. The van der Waals surface area contributed by atoms with E-state index in [0.29, 0.717) is 11.1 Å². The van der Waals surface area contributed by atoms with Gasteiger partial charge in [0, 0.05) is 11.1 Å². The van der Waals surface area contributed by atoms with Crippen molar-refractivity contribution in [2.75, 3.05) is 0 Å². The Morgan fingerprint density at radius 1 is 1.00 bits per heavy atom. The van der Waals surface area contributed by atoms with Gasteiger partial charge in [0.05, 0.1) is 5.56 Å². The summed E-state index contributed by atoms with van der Waals surface area (Å²) in [6.07, 6.45) is 0. The van der Waals surface area contributed by atoms with Crippen LogP contribution in [0.15, 0.2) is 30.3 Å². The Labute approximate surface area is 85.5 Å². The van der Waals surface area contributed by atoms with E-state index in [-0.39, 0.29) is 0 Å². The summed E-state index contributed by atoms with van der Waals surface area (Å²) in [5, 5.41) is 19.7. The zero-order valence-electron chi connectivity index (χ0n) is 7.73. The van der Waals surface area contributed by atoms with Crippen molar-refractivity contribution < 1.29 is 0 Å². The highest BCUT2D eigenvalue weighted by atomic mass is 15.3. The van der Waals surface area contributed by atoms with Crippen molar-refractivity contribution in [1.29, 1.82) is 5.26 Å². The van der Waals surface area contributed by atoms with Gasteiger partial charge in [-0.1, -0.05) is 30.3 Å². The Kier molecular flexibility index (Phi) is 1.48. The van der Waals surface area contributed by atoms with Crippen molar-refractivity contribution in [3.8, 4) is 17.2 Å². The lowest BCUT2D eigenvalue weighted by atomic mass is 10.1. The number of H-pyrrole nitrogens is 1. The lowest BCUT2D eigenvalue weighted by Gasteiger charge is -1.90. The molecule has 2 aliphatic rings. The molecule has 15 heavy (non-hydrogen) atoms. The number of hydrogen-bond donors (Lipinski definition) is 1. The van der Waals surface area contributed by atoms with E-state index < -0.39 is 0 Å². The van der Waals surface area contributed by atoms with Crippen LogP contribution in [0.25, 0.3) is 22.2 Å². The molecule has 2 aliphatic carbocycles. The van der Waals surface area contributed by atoms with Gasteiger partial charge < -0.3 is 0 Å². The van der Waals surface area contributed by atoms with Gasteiger partial charge in [0.2, 0.25) is 0 Å². The number of fused-ring (bicyclic) bond motifs is 3. The second-order valence-electron chi connectivity index (χ2n) is 3.25. The molecule has 0 bridgehead atoms. The van der Waals surface area contributed by atoms with Crippen LogP contribution in [0.4, 0.5) is 0 Å². The summed E-state index contributed by atoms with van der Waals surface area (Å²) in [7, 11) is 0. The Morgan fingerprint density at radius 3 is 2.53 bits per heavy atom. The maximum absolute atomic E-state index is 9.09.